The first-order valence-corrected chi connectivity index (χ1v) is 7.55. The number of benzene rings is 1. The third kappa shape index (κ3) is 4.80. The maximum atomic E-state index is 13.2. The highest BCUT2D eigenvalue weighted by Crippen LogP contribution is 2.11. The van der Waals surface area contributed by atoms with Crippen molar-refractivity contribution in [1.82, 2.24) is 9.80 Å². The zero-order valence-electron chi connectivity index (χ0n) is 12.5. The third-order valence-electron chi connectivity index (χ3n) is 3.81. The summed E-state index contributed by atoms with van der Waals surface area (Å²) in [4.78, 5) is 26.8. The Morgan fingerprint density at radius 1 is 1.18 bits per heavy atom. The van der Waals surface area contributed by atoms with E-state index in [1.807, 2.05) is 0 Å². The smallest absolute Gasteiger partial charge is 0.303 e. The normalized spacial score (nSPS) is 16.3. The van der Waals surface area contributed by atoms with Crippen molar-refractivity contribution in [3.63, 3.8) is 0 Å². The second kappa shape index (κ2) is 7.89. The van der Waals surface area contributed by atoms with Crippen LogP contribution in [0.2, 0.25) is 0 Å². The number of aliphatic carboxylic acids is 1. The van der Waals surface area contributed by atoms with Crippen molar-refractivity contribution < 1.29 is 19.1 Å². The number of halogens is 1. The summed E-state index contributed by atoms with van der Waals surface area (Å²) in [6, 6.07) is 5.75. The summed E-state index contributed by atoms with van der Waals surface area (Å²) in [7, 11) is 0. The monoisotopic (exact) mass is 308 g/mol. The number of carboxylic acids is 1. The SMILES string of the molecule is O=C(O)CCCN1CCCN(C(=O)c2cccc(F)c2)CC1. The molecule has 1 aromatic carbocycles. The van der Waals surface area contributed by atoms with E-state index in [1.165, 1.54) is 12.1 Å². The molecule has 0 radical (unpaired) electrons. The van der Waals surface area contributed by atoms with Gasteiger partial charge in [0.05, 0.1) is 0 Å². The zero-order valence-corrected chi connectivity index (χ0v) is 12.5. The van der Waals surface area contributed by atoms with Crippen LogP contribution in [0.4, 0.5) is 4.39 Å². The van der Waals surface area contributed by atoms with Crippen LogP contribution in [0, 0.1) is 5.82 Å². The second-order valence-electron chi connectivity index (χ2n) is 5.50. The molecule has 0 atom stereocenters. The standard InChI is InChI=1S/C16H21FN2O3/c17-14-5-1-4-13(12-14)16(22)19-9-3-8-18(10-11-19)7-2-6-15(20)21/h1,4-5,12H,2-3,6-11H2,(H,20,21). The average molecular weight is 308 g/mol. The van der Waals surface area contributed by atoms with E-state index in [2.05, 4.69) is 4.90 Å². The van der Waals surface area contributed by atoms with Crippen LogP contribution in [-0.4, -0.2) is 59.5 Å². The second-order valence-corrected chi connectivity index (χ2v) is 5.50. The molecule has 1 aliphatic heterocycles. The maximum Gasteiger partial charge on any atom is 0.303 e. The Hall–Kier alpha value is -1.95. The molecule has 0 aromatic heterocycles. The molecule has 2 rings (SSSR count). The van der Waals surface area contributed by atoms with Crippen LogP contribution in [0.15, 0.2) is 24.3 Å². The van der Waals surface area contributed by atoms with Gasteiger partial charge in [0.2, 0.25) is 0 Å². The summed E-state index contributed by atoms with van der Waals surface area (Å²) < 4.78 is 13.2. The lowest BCUT2D eigenvalue weighted by Gasteiger charge is -2.22. The van der Waals surface area contributed by atoms with Crippen molar-refractivity contribution in [2.45, 2.75) is 19.3 Å². The molecule has 1 N–H and O–H groups in total. The van der Waals surface area contributed by atoms with Crippen LogP contribution in [0.5, 0.6) is 0 Å². The van der Waals surface area contributed by atoms with E-state index in [1.54, 1.807) is 17.0 Å². The van der Waals surface area contributed by atoms with Gasteiger partial charge >= 0.3 is 5.97 Å². The molecule has 22 heavy (non-hydrogen) atoms. The Morgan fingerprint density at radius 2 is 2.00 bits per heavy atom. The third-order valence-corrected chi connectivity index (χ3v) is 3.81. The largest absolute Gasteiger partial charge is 0.481 e. The van der Waals surface area contributed by atoms with Gasteiger partial charge in [-0.1, -0.05) is 6.07 Å². The minimum absolute atomic E-state index is 0.146. The molecular formula is C16H21FN2O3. The van der Waals surface area contributed by atoms with E-state index >= 15 is 0 Å². The van der Waals surface area contributed by atoms with Gasteiger partial charge in [0, 0.05) is 31.6 Å². The fourth-order valence-electron chi connectivity index (χ4n) is 2.66. The molecule has 1 amide bonds. The summed E-state index contributed by atoms with van der Waals surface area (Å²) in [5, 5.41) is 8.66. The van der Waals surface area contributed by atoms with E-state index in [4.69, 9.17) is 5.11 Å². The van der Waals surface area contributed by atoms with Gasteiger partial charge in [-0.05, 0) is 44.1 Å². The van der Waals surface area contributed by atoms with E-state index in [9.17, 15) is 14.0 Å². The lowest BCUT2D eigenvalue weighted by atomic mass is 10.2. The lowest BCUT2D eigenvalue weighted by Crippen LogP contribution is -2.35. The van der Waals surface area contributed by atoms with Crippen molar-refractivity contribution >= 4 is 11.9 Å². The fourth-order valence-corrected chi connectivity index (χ4v) is 2.66. The van der Waals surface area contributed by atoms with Crippen LogP contribution >= 0.6 is 0 Å². The van der Waals surface area contributed by atoms with Crippen molar-refractivity contribution in [3.05, 3.63) is 35.6 Å². The molecule has 1 heterocycles. The van der Waals surface area contributed by atoms with Crippen molar-refractivity contribution in [3.8, 4) is 0 Å². The number of hydrogen-bond acceptors (Lipinski definition) is 3. The molecular weight excluding hydrogens is 287 g/mol. The number of rotatable bonds is 5. The molecule has 0 unspecified atom stereocenters. The Bertz CT molecular complexity index is 536. The van der Waals surface area contributed by atoms with E-state index < -0.39 is 11.8 Å². The summed E-state index contributed by atoms with van der Waals surface area (Å²) in [6.45, 7) is 3.54. The van der Waals surface area contributed by atoms with Gasteiger partial charge in [0.25, 0.3) is 5.91 Å². The topological polar surface area (TPSA) is 60.9 Å². The summed E-state index contributed by atoms with van der Waals surface area (Å²) in [5.41, 5.74) is 0.374. The van der Waals surface area contributed by atoms with Gasteiger partial charge in [0.15, 0.2) is 0 Å². The molecule has 120 valence electrons. The number of nitrogens with zero attached hydrogens (tertiary/aromatic N) is 2. The fraction of sp³-hybridized carbons (Fsp3) is 0.500. The molecule has 0 bridgehead atoms. The van der Waals surface area contributed by atoms with E-state index in [-0.39, 0.29) is 12.3 Å². The highest BCUT2D eigenvalue weighted by Gasteiger charge is 2.20. The minimum atomic E-state index is -0.780. The molecule has 0 saturated carbocycles. The van der Waals surface area contributed by atoms with Crippen LogP contribution < -0.4 is 0 Å². The number of carbonyl (C=O) groups excluding carboxylic acids is 1. The van der Waals surface area contributed by atoms with Gasteiger partial charge in [-0.3, -0.25) is 9.59 Å². The van der Waals surface area contributed by atoms with Gasteiger partial charge < -0.3 is 14.9 Å². The summed E-state index contributed by atoms with van der Waals surface area (Å²) >= 11 is 0. The number of amides is 1. The van der Waals surface area contributed by atoms with Crippen molar-refractivity contribution in [2.75, 3.05) is 32.7 Å². The predicted octanol–water partition coefficient (Wildman–Crippen LogP) is 1.84. The van der Waals surface area contributed by atoms with Crippen LogP contribution in [0.3, 0.4) is 0 Å². The Balaban J connectivity index is 1.87. The Morgan fingerprint density at radius 3 is 2.73 bits per heavy atom. The lowest BCUT2D eigenvalue weighted by molar-refractivity contribution is -0.137. The first kappa shape index (κ1) is 16.4. The molecule has 1 aliphatic rings. The number of hydrogen-bond donors (Lipinski definition) is 1. The van der Waals surface area contributed by atoms with E-state index in [0.717, 1.165) is 26.1 Å². The van der Waals surface area contributed by atoms with Crippen molar-refractivity contribution in [2.24, 2.45) is 0 Å². The highest BCUT2D eigenvalue weighted by molar-refractivity contribution is 5.94. The molecule has 0 aliphatic carbocycles. The van der Waals surface area contributed by atoms with Crippen molar-refractivity contribution in [1.29, 1.82) is 0 Å². The number of carbonyl (C=O) groups is 2. The molecule has 1 saturated heterocycles. The van der Waals surface area contributed by atoms with Gasteiger partial charge in [-0.15, -0.1) is 0 Å². The summed E-state index contributed by atoms with van der Waals surface area (Å²) in [5.74, 6) is -1.33. The van der Waals surface area contributed by atoms with Crippen LogP contribution in [-0.2, 0) is 4.79 Å². The maximum absolute atomic E-state index is 13.2. The quantitative estimate of drug-likeness (QED) is 0.901. The average Bonchev–Trinajstić information content (AvgIpc) is 2.72. The van der Waals surface area contributed by atoms with Gasteiger partial charge in [-0.2, -0.15) is 0 Å². The Kier molecular flexibility index (Phi) is 5.89. The molecule has 0 spiro atoms. The molecule has 6 heteroatoms. The number of carboxylic acid groups (broad SMARTS) is 1. The molecule has 1 fully saturated rings. The predicted molar refractivity (Wildman–Crippen MR) is 80.2 cm³/mol. The van der Waals surface area contributed by atoms with Crippen LogP contribution in [0.1, 0.15) is 29.6 Å². The minimum Gasteiger partial charge on any atom is -0.481 e. The van der Waals surface area contributed by atoms with Gasteiger partial charge in [-0.25, -0.2) is 4.39 Å². The van der Waals surface area contributed by atoms with Gasteiger partial charge in [0.1, 0.15) is 5.82 Å². The first-order valence-electron chi connectivity index (χ1n) is 7.55. The summed E-state index contributed by atoms with van der Waals surface area (Å²) in [6.07, 6.45) is 1.63. The Labute approximate surface area is 129 Å². The zero-order chi connectivity index (χ0) is 15.9. The van der Waals surface area contributed by atoms with Crippen LogP contribution in [0.25, 0.3) is 0 Å². The first-order chi connectivity index (χ1) is 10.6. The van der Waals surface area contributed by atoms with E-state index in [0.29, 0.717) is 25.1 Å². The molecule has 5 nitrogen and oxygen atoms in total. The highest BCUT2D eigenvalue weighted by atomic mass is 19.1. The molecule has 1 aromatic rings.